The lowest BCUT2D eigenvalue weighted by Crippen LogP contribution is -2.35. The van der Waals surface area contributed by atoms with Gasteiger partial charge in [-0.1, -0.05) is 5.16 Å². The third kappa shape index (κ3) is 5.54. The molecule has 0 radical (unpaired) electrons. The van der Waals surface area contributed by atoms with Gasteiger partial charge in [-0.3, -0.25) is 4.90 Å². The Bertz CT molecular complexity index is 447. The van der Waals surface area contributed by atoms with Gasteiger partial charge in [0.05, 0.1) is 13.1 Å². The molecule has 0 atom stereocenters. The van der Waals surface area contributed by atoms with Crippen molar-refractivity contribution in [2.45, 2.75) is 37.9 Å². The third-order valence-corrected chi connectivity index (χ3v) is 3.45. The SMILES string of the molecule is OCCCN(Cc1noc(C2CCOCC2)n1)CC(F)(F)F. The maximum absolute atomic E-state index is 12.5. The van der Waals surface area contributed by atoms with Crippen molar-refractivity contribution in [1.82, 2.24) is 15.0 Å². The average Bonchev–Trinajstić information content (AvgIpc) is 2.93. The molecule has 0 saturated carbocycles. The van der Waals surface area contributed by atoms with E-state index in [9.17, 15) is 13.2 Å². The molecule has 6 nitrogen and oxygen atoms in total. The van der Waals surface area contributed by atoms with Gasteiger partial charge in [-0.2, -0.15) is 18.2 Å². The fourth-order valence-corrected chi connectivity index (χ4v) is 2.40. The van der Waals surface area contributed by atoms with Gasteiger partial charge in [0, 0.05) is 32.3 Å². The van der Waals surface area contributed by atoms with E-state index in [1.54, 1.807) is 0 Å². The van der Waals surface area contributed by atoms with Gasteiger partial charge in [0.2, 0.25) is 5.89 Å². The molecule has 1 saturated heterocycles. The monoisotopic (exact) mass is 323 g/mol. The van der Waals surface area contributed by atoms with Crippen molar-refractivity contribution in [3.63, 3.8) is 0 Å². The van der Waals surface area contributed by atoms with Crippen LogP contribution in [0.4, 0.5) is 13.2 Å². The number of halogens is 3. The van der Waals surface area contributed by atoms with E-state index in [1.807, 2.05) is 0 Å². The molecule has 0 spiro atoms. The molecule has 0 bridgehead atoms. The summed E-state index contributed by atoms with van der Waals surface area (Å²) in [4.78, 5) is 5.37. The van der Waals surface area contributed by atoms with Crippen molar-refractivity contribution in [2.75, 3.05) is 32.9 Å². The van der Waals surface area contributed by atoms with Crippen LogP contribution in [0.25, 0.3) is 0 Å². The Morgan fingerprint density at radius 2 is 2.00 bits per heavy atom. The highest BCUT2D eigenvalue weighted by molar-refractivity contribution is 4.95. The van der Waals surface area contributed by atoms with Crippen molar-refractivity contribution in [3.05, 3.63) is 11.7 Å². The fraction of sp³-hybridized carbons (Fsp3) is 0.846. The molecule has 1 aromatic heterocycles. The lowest BCUT2D eigenvalue weighted by atomic mass is 10.0. The Balaban J connectivity index is 1.95. The van der Waals surface area contributed by atoms with E-state index >= 15 is 0 Å². The zero-order chi connectivity index (χ0) is 16.0. The van der Waals surface area contributed by atoms with Crippen LogP contribution in [0.3, 0.4) is 0 Å². The normalized spacial score (nSPS) is 17.3. The van der Waals surface area contributed by atoms with Crippen molar-refractivity contribution < 1.29 is 27.5 Å². The van der Waals surface area contributed by atoms with Crippen LogP contribution in [0.1, 0.15) is 36.9 Å². The van der Waals surface area contributed by atoms with Crippen LogP contribution in [0.2, 0.25) is 0 Å². The zero-order valence-corrected chi connectivity index (χ0v) is 12.2. The summed E-state index contributed by atoms with van der Waals surface area (Å²) in [7, 11) is 0. The van der Waals surface area contributed by atoms with E-state index in [4.69, 9.17) is 14.4 Å². The van der Waals surface area contributed by atoms with E-state index in [0.717, 1.165) is 17.7 Å². The molecule has 0 unspecified atom stereocenters. The molecule has 2 heterocycles. The standard InChI is InChI=1S/C13H20F3N3O3/c14-13(15,16)9-19(4-1-5-20)8-11-17-12(22-18-11)10-2-6-21-7-3-10/h10,20H,1-9H2. The number of aliphatic hydroxyl groups is 1. The van der Waals surface area contributed by atoms with Gasteiger partial charge in [0.25, 0.3) is 0 Å². The summed E-state index contributed by atoms with van der Waals surface area (Å²) in [6, 6.07) is 0. The molecule has 0 amide bonds. The summed E-state index contributed by atoms with van der Waals surface area (Å²) in [5.74, 6) is 0.819. The Hall–Kier alpha value is -1.19. The molecule has 1 fully saturated rings. The molecule has 1 aromatic rings. The van der Waals surface area contributed by atoms with E-state index in [0.29, 0.717) is 19.1 Å². The Kier molecular flexibility index (Phi) is 6.16. The first-order valence-electron chi connectivity index (χ1n) is 7.28. The predicted molar refractivity (Wildman–Crippen MR) is 70.1 cm³/mol. The number of rotatable bonds is 7. The Morgan fingerprint density at radius 3 is 2.64 bits per heavy atom. The number of hydrogen-bond donors (Lipinski definition) is 1. The molecule has 1 aliphatic heterocycles. The summed E-state index contributed by atoms with van der Waals surface area (Å²) >= 11 is 0. The molecule has 22 heavy (non-hydrogen) atoms. The van der Waals surface area contributed by atoms with E-state index in [1.165, 1.54) is 0 Å². The smallest absolute Gasteiger partial charge is 0.396 e. The number of aliphatic hydroxyl groups excluding tert-OH is 1. The molecule has 1 N–H and O–H groups in total. The van der Waals surface area contributed by atoms with Gasteiger partial charge in [0.15, 0.2) is 5.82 Å². The van der Waals surface area contributed by atoms with Crippen molar-refractivity contribution >= 4 is 0 Å². The first-order valence-corrected chi connectivity index (χ1v) is 7.28. The maximum atomic E-state index is 12.5. The van der Waals surface area contributed by atoms with Crippen LogP contribution >= 0.6 is 0 Å². The number of nitrogens with zero attached hydrogens (tertiary/aromatic N) is 3. The summed E-state index contributed by atoms with van der Waals surface area (Å²) in [6.45, 7) is 0.101. The van der Waals surface area contributed by atoms with Gasteiger partial charge in [0.1, 0.15) is 0 Å². The topological polar surface area (TPSA) is 71.6 Å². The highest BCUT2D eigenvalue weighted by Crippen LogP contribution is 2.25. The van der Waals surface area contributed by atoms with Crippen molar-refractivity contribution in [2.24, 2.45) is 0 Å². The number of ether oxygens (including phenoxy) is 1. The molecule has 9 heteroatoms. The fourth-order valence-electron chi connectivity index (χ4n) is 2.40. The minimum atomic E-state index is -4.30. The van der Waals surface area contributed by atoms with Crippen LogP contribution in [-0.4, -0.2) is 59.2 Å². The van der Waals surface area contributed by atoms with Gasteiger partial charge >= 0.3 is 6.18 Å². The second-order valence-electron chi connectivity index (χ2n) is 5.34. The predicted octanol–water partition coefficient (Wildman–Crippen LogP) is 1.71. The second kappa shape index (κ2) is 7.89. The minimum absolute atomic E-state index is 0.0494. The summed E-state index contributed by atoms with van der Waals surface area (Å²) in [5.41, 5.74) is 0. The van der Waals surface area contributed by atoms with Crippen molar-refractivity contribution in [1.29, 1.82) is 0 Å². The summed E-state index contributed by atoms with van der Waals surface area (Å²) in [5, 5.41) is 12.6. The van der Waals surface area contributed by atoms with Crippen molar-refractivity contribution in [3.8, 4) is 0 Å². The Labute approximate surface area is 126 Å². The summed E-state index contributed by atoms with van der Waals surface area (Å²) < 4.78 is 48.1. The largest absolute Gasteiger partial charge is 0.401 e. The molecular weight excluding hydrogens is 303 g/mol. The minimum Gasteiger partial charge on any atom is -0.396 e. The van der Waals surface area contributed by atoms with Crippen LogP contribution in [0, 0.1) is 0 Å². The van der Waals surface area contributed by atoms with Crippen LogP contribution < -0.4 is 0 Å². The highest BCUT2D eigenvalue weighted by atomic mass is 19.4. The third-order valence-electron chi connectivity index (χ3n) is 3.45. The highest BCUT2D eigenvalue weighted by Gasteiger charge is 2.31. The van der Waals surface area contributed by atoms with E-state index < -0.39 is 12.7 Å². The summed E-state index contributed by atoms with van der Waals surface area (Å²) in [6.07, 6.45) is -2.49. The molecule has 2 rings (SSSR count). The van der Waals surface area contributed by atoms with Crippen LogP contribution in [0.5, 0.6) is 0 Å². The lowest BCUT2D eigenvalue weighted by Gasteiger charge is -2.21. The van der Waals surface area contributed by atoms with Gasteiger partial charge in [-0.15, -0.1) is 0 Å². The van der Waals surface area contributed by atoms with Crippen LogP contribution in [-0.2, 0) is 11.3 Å². The Morgan fingerprint density at radius 1 is 1.27 bits per heavy atom. The average molecular weight is 323 g/mol. The van der Waals surface area contributed by atoms with E-state index in [-0.39, 0.29) is 37.9 Å². The second-order valence-corrected chi connectivity index (χ2v) is 5.34. The quantitative estimate of drug-likeness (QED) is 0.824. The molecule has 0 aromatic carbocycles. The maximum Gasteiger partial charge on any atom is 0.401 e. The first kappa shape index (κ1) is 17.2. The first-order chi connectivity index (χ1) is 10.5. The molecule has 126 valence electrons. The van der Waals surface area contributed by atoms with E-state index in [2.05, 4.69) is 10.1 Å². The number of aromatic nitrogens is 2. The molecule has 0 aliphatic carbocycles. The zero-order valence-electron chi connectivity index (χ0n) is 12.2. The number of hydrogen-bond acceptors (Lipinski definition) is 6. The van der Waals surface area contributed by atoms with Crippen LogP contribution in [0.15, 0.2) is 4.52 Å². The van der Waals surface area contributed by atoms with Gasteiger partial charge in [-0.25, -0.2) is 0 Å². The molecule has 1 aliphatic rings. The lowest BCUT2D eigenvalue weighted by molar-refractivity contribution is -0.147. The van der Waals surface area contributed by atoms with Gasteiger partial charge < -0.3 is 14.4 Å². The number of alkyl halides is 3. The van der Waals surface area contributed by atoms with Gasteiger partial charge in [-0.05, 0) is 19.3 Å². The molecular formula is C13H20F3N3O3.